The largest absolute Gasteiger partial charge is 0.366 e. The summed E-state index contributed by atoms with van der Waals surface area (Å²) in [6.45, 7) is 3.68. The average molecular weight is 541 g/mol. The Hall–Kier alpha value is -3.20. The van der Waals surface area contributed by atoms with Crippen LogP contribution in [-0.2, 0) is 0 Å². The predicted octanol–water partition coefficient (Wildman–Crippen LogP) is 7.67. The zero-order valence-corrected chi connectivity index (χ0v) is 21.7. The van der Waals surface area contributed by atoms with E-state index in [1.807, 2.05) is 29.2 Å². The van der Waals surface area contributed by atoms with Gasteiger partial charge in [-0.2, -0.15) is 0 Å². The number of nitro groups is 1. The van der Waals surface area contributed by atoms with Gasteiger partial charge in [-0.15, -0.1) is 11.3 Å². The van der Waals surface area contributed by atoms with E-state index in [4.69, 9.17) is 23.2 Å². The summed E-state index contributed by atoms with van der Waals surface area (Å²) in [6, 6.07) is 15.5. The number of fused-ring (bicyclic) bond motifs is 1. The van der Waals surface area contributed by atoms with Crippen molar-refractivity contribution in [2.24, 2.45) is 5.92 Å². The second-order valence-corrected chi connectivity index (χ2v) is 10.8. The molecular weight excluding hydrogens is 519 g/mol. The lowest BCUT2D eigenvalue weighted by Gasteiger charge is -2.31. The van der Waals surface area contributed by atoms with Crippen LogP contribution in [0.25, 0.3) is 20.8 Å². The maximum absolute atomic E-state index is 13.3. The Morgan fingerprint density at radius 1 is 1.14 bits per heavy atom. The van der Waals surface area contributed by atoms with E-state index in [1.165, 1.54) is 17.4 Å². The number of nitrogens with one attached hydrogen (secondary N) is 1. The molecule has 1 aliphatic rings. The average Bonchev–Trinajstić information content (AvgIpc) is 3.30. The van der Waals surface area contributed by atoms with Gasteiger partial charge in [0.15, 0.2) is 0 Å². The molecule has 0 bridgehead atoms. The molecule has 1 saturated heterocycles. The van der Waals surface area contributed by atoms with Gasteiger partial charge in [0.2, 0.25) is 0 Å². The topological polar surface area (TPSA) is 88.4 Å². The summed E-state index contributed by atoms with van der Waals surface area (Å²) in [5.41, 5.74) is 2.35. The SMILES string of the molecule is CC1CCN(c2ccc(C(=O)Nc3c(Cl)cc(Cl)cc3-c3nc4ccccc4s3)cc2[N+](=O)[O-])CC1. The van der Waals surface area contributed by atoms with Gasteiger partial charge in [0.1, 0.15) is 10.7 Å². The Labute approximate surface area is 221 Å². The summed E-state index contributed by atoms with van der Waals surface area (Å²) in [4.78, 5) is 31.4. The summed E-state index contributed by atoms with van der Waals surface area (Å²) in [5, 5.41) is 16.0. The van der Waals surface area contributed by atoms with Gasteiger partial charge in [-0.1, -0.05) is 42.3 Å². The monoisotopic (exact) mass is 540 g/mol. The van der Waals surface area contributed by atoms with Crippen LogP contribution in [0.1, 0.15) is 30.1 Å². The number of carbonyl (C=O) groups is 1. The van der Waals surface area contributed by atoms with Crippen LogP contribution in [0, 0.1) is 16.0 Å². The van der Waals surface area contributed by atoms with Crippen LogP contribution in [0.3, 0.4) is 0 Å². The molecule has 1 N–H and O–H groups in total. The van der Waals surface area contributed by atoms with Crippen molar-refractivity contribution >= 4 is 67.7 Å². The van der Waals surface area contributed by atoms with Crippen LogP contribution in [0.2, 0.25) is 10.0 Å². The van der Waals surface area contributed by atoms with Gasteiger partial charge in [-0.3, -0.25) is 14.9 Å². The van der Waals surface area contributed by atoms with E-state index >= 15 is 0 Å². The third kappa shape index (κ3) is 4.89. The van der Waals surface area contributed by atoms with Gasteiger partial charge in [-0.25, -0.2) is 4.98 Å². The fraction of sp³-hybridized carbons (Fsp3) is 0.231. The smallest absolute Gasteiger partial charge is 0.293 e. The molecule has 0 radical (unpaired) electrons. The predicted molar refractivity (Wildman–Crippen MR) is 147 cm³/mol. The van der Waals surface area contributed by atoms with Crippen molar-refractivity contribution in [3.8, 4) is 10.6 Å². The number of nitrogens with zero attached hydrogens (tertiary/aromatic N) is 3. The first kappa shape index (κ1) is 24.5. The number of carbonyl (C=O) groups excluding carboxylic acids is 1. The number of hydrogen-bond acceptors (Lipinski definition) is 6. The van der Waals surface area contributed by atoms with Gasteiger partial charge < -0.3 is 10.2 Å². The molecule has 184 valence electrons. The van der Waals surface area contributed by atoms with Crippen molar-refractivity contribution in [2.75, 3.05) is 23.3 Å². The summed E-state index contributed by atoms with van der Waals surface area (Å²) >= 11 is 14.2. The molecule has 1 aliphatic heterocycles. The first-order valence-electron chi connectivity index (χ1n) is 11.5. The van der Waals surface area contributed by atoms with Crippen molar-refractivity contribution in [1.82, 2.24) is 4.98 Å². The van der Waals surface area contributed by atoms with E-state index < -0.39 is 10.8 Å². The van der Waals surface area contributed by atoms with Crippen LogP contribution < -0.4 is 10.2 Å². The second kappa shape index (κ2) is 10.0. The van der Waals surface area contributed by atoms with Crippen molar-refractivity contribution in [3.05, 3.63) is 80.3 Å². The van der Waals surface area contributed by atoms with Crippen LogP contribution in [0.5, 0.6) is 0 Å². The fourth-order valence-electron chi connectivity index (χ4n) is 4.37. The summed E-state index contributed by atoms with van der Waals surface area (Å²) in [6.07, 6.45) is 1.95. The zero-order valence-electron chi connectivity index (χ0n) is 19.3. The molecule has 10 heteroatoms. The van der Waals surface area contributed by atoms with Crippen LogP contribution >= 0.6 is 34.5 Å². The van der Waals surface area contributed by atoms with Crippen molar-refractivity contribution < 1.29 is 9.72 Å². The maximum Gasteiger partial charge on any atom is 0.293 e. The Morgan fingerprint density at radius 3 is 2.61 bits per heavy atom. The number of amides is 1. The molecule has 0 saturated carbocycles. The summed E-state index contributed by atoms with van der Waals surface area (Å²) in [5.74, 6) is 0.0857. The third-order valence-corrected chi connectivity index (χ3v) is 7.96. The summed E-state index contributed by atoms with van der Waals surface area (Å²) < 4.78 is 0.985. The van der Waals surface area contributed by atoms with Gasteiger partial charge in [0.25, 0.3) is 11.6 Å². The fourth-order valence-corrected chi connectivity index (χ4v) is 5.90. The second-order valence-electron chi connectivity index (χ2n) is 8.88. The van der Waals surface area contributed by atoms with Crippen molar-refractivity contribution in [2.45, 2.75) is 19.8 Å². The molecule has 1 amide bonds. The number of nitro benzene ring substituents is 1. The van der Waals surface area contributed by atoms with Crippen LogP contribution in [0.15, 0.2) is 54.6 Å². The van der Waals surface area contributed by atoms with E-state index in [-0.39, 0.29) is 16.3 Å². The lowest BCUT2D eigenvalue weighted by Crippen LogP contribution is -2.33. The number of rotatable bonds is 5. The highest BCUT2D eigenvalue weighted by atomic mass is 35.5. The Bertz CT molecular complexity index is 1450. The Balaban J connectivity index is 1.48. The Kier molecular flexibility index (Phi) is 6.83. The highest BCUT2D eigenvalue weighted by molar-refractivity contribution is 7.21. The molecular formula is C26H22Cl2N4O3S. The van der Waals surface area contributed by atoms with Gasteiger partial charge in [-0.05, 0) is 55.2 Å². The minimum absolute atomic E-state index is 0.0918. The molecule has 2 heterocycles. The quantitative estimate of drug-likeness (QED) is 0.207. The van der Waals surface area contributed by atoms with Crippen LogP contribution in [0.4, 0.5) is 17.1 Å². The summed E-state index contributed by atoms with van der Waals surface area (Å²) in [7, 11) is 0. The number of aromatic nitrogens is 1. The molecule has 0 spiro atoms. The van der Waals surface area contributed by atoms with E-state index in [0.717, 1.165) is 36.1 Å². The molecule has 1 aromatic heterocycles. The standard InChI is InChI=1S/C26H22Cl2N4O3S/c1-15-8-10-31(11-9-15)21-7-6-16(12-22(21)32(34)35)25(33)30-24-18(13-17(27)14-19(24)28)26-29-20-4-2-3-5-23(20)36-26/h2-7,12-15H,8-11H2,1H3,(H,30,33). The van der Waals surface area contributed by atoms with Gasteiger partial charge in [0, 0.05) is 35.3 Å². The number of hydrogen-bond donors (Lipinski definition) is 1. The zero-order chi connectivity index (χ0) is 25.4. The highest BCUT2D eigenvalue weighted by Crippen LogP contribution is 2.41. The first-order chi connectivity index (χ1) is 17.3. The van der Waals surface area contributed by atoms with E-state index in [2.05, 4.69) is 17.2 Å². The first-order valence-corrected chi connectivity index (χ1v) is 13.1. The molecule has 7 nitrogen and oxygen atoms in total. The number of thiazole rings is 1. The molecule has 3 aromatic carbocycles. The molecule has 5 rings (SSSR count). The van der Waals surface area contributed by atoms with Crippen LogP contribution in [-0.4, -0.2) is 28.9 Å². The number of benzene rings is 3. The van der Waals surface area contributed by atoms with Crippen molar-refractivity contribution in [3.63, 3.8) is 0 Å². The van der Waals surface area contributed by atoms with E-state index in [1.54, 1.807) is 24.3 Å². The van der Waals surface area contributed by atoms with Gasteiger partial charge >= 0.3 is 0 Å². The molecule has 0 aliphatic carbocycles. The lowest BCUT2D eigenvalue weighted by atomic mass is 9.98. The number of anilines is 2. The molecule has 0 atom stereocenters. The number of piperidine rings is 1. The third-order valence-electron chi connectivity index (χ3n) is 6.38. The maximum atomic E-state index is 13.3. The normalized spacial score (nSPS) is 14.2. The molecule has 36 heavy (non-hydrogen) atoms. The van der Waals surface area contributed by atoms with E-state index in [0.29, 0.717) is 32.9 Å². The molecule has 1 fully saturated rings. The molecule has 4 aromatic rings. The molecule has 0 unspecified atom stereocenters. The van der Waals surface area contributed by atoms with Gasteiger partial charge in [0.05, 0.1) is 25.8 Å². The highest BCUT2D eigenvalue weighted by Gasteiger charge is 2.25. The van der Waals surface area contributed by atoms with Crippen molar-refractivity contribution in [1.29, 1.82) is 0 Å². The number of para-hydroxylation sites is 1. The minimum Gasteiger partial charge on any atom is -0.366 e. The Morgan fingerprint density at radius 2 is 1.89 bits per heavy atom. The number of halogens is 2. The van der Waals surface area contributed by atoms with E-state index in [9.17, 15) is 14.9 Å². The lowest BCUT2D eigenvalue weighted by molar-refractivity contribution is -0.384. The minimum atomic E-state index is -0.511.